The molecule has 1 aromatic heterocycles. The molecule has 1 aliphatic carbocycles. The summed E-state index contributed by atoms with van der Waals surface area (Å²) in [5, 5.41) is 11.3. The van der Waals surface area contributed by atoms with Gasteiger partial charge in [-0.2, -0.15) is 0 Å². The molecule has 0 radical (unpaired) electrons. The monoisotopic (exact) mass is 280 g/mol. The lowest BCUT2D eigenvalue weighted by atomic mass is 10.1. The first-order valence-electron chi connectivity index (χ1n) is 5.65. The molecule has 1 aromatic rings. The molecule has 1 aliphatic rings. The highest BCUT2D eigenvalue weighted by Crippen LogP contribution is 2.38. The Morgan fingerprint density at radius 1 is 1.26 bits per heavy atom. The zero-order valence-electron chi connectivity index (χ0n) is 9.93. The molecule has 2 rings (SSSR count). The predicted molar refractivity (Wildman–Crippen MR) is 70.3 cm³/mol. The van der Waals surface area contributed by atoms with Crippen LogP contribution in [0.15, 0.2) is 12.2 Å². The lowest BCUT2D eigenvalue weighted by Crippen LogP contribution is -2.16. The zero-order chi connectivity index (χ0) is 14.0. The smallest absolute Gasteiger partial charge is 0.328 e. The third-order valence-corrected chi connectivity index (χ3v) is 3.99. The van der Waals surface area contributed by atoms with E-state index >= 15 is 0 Å². The van der Waals surface area contributed by atoms with E-state index in [-0.39, 0.29) is 0 Å². The van der Waals surface area contributed by atoms with Crippen LogP contribution < -0.4 is 11.1 Å². The van der Waals surface area contributed by atoms with Crippen LogP contribution in [0.3, 0.4) is 0 Å². The van der Waals surface area contributed by atoms with Gasteiger partial charge in [0.05, 0.1) is 5.56 Å². The van der Waals surface area contributed by atoms with Crippen LogP contribution in [0.5, 0.6) is 0 Å². The molecule has 100 valence electrons. The minimum Gasteiger partial charge on any atom is -0.478 e. The van der Waals surface area contributed by atoms with E-state index in [0.717, 1.165) is 41.9 Å². The number of thiophene rings is 1. The van der Waals surface area contributed by atoms with Gasteiger partial charge in [0.15, 0.2) is 0 Å². The highest BCUT2D eigenvalue weighted by Gasteiger charge is 2.25. The van der Waals surface area contributed by atoms with Crippen molar-refractivity contribution in [2.45, 2.75) is 19.3 Å². The van der Waals surface area contributed by atoms with Gasteiger partial charge in [-0.05, 0) is 24.8 Å². The number of primary amides is 1. The summed E-state index contributed by atoms with van der Waals surface area (Å²) in [7, 11) is 0. The molecular weight excluding hydrogens is 268 g/mol. The molecule has 0 fully saturated rings. The third-order valence-electron chi connectivity index (χ3n) is 2.78. The number of rotatable bonds is 4. The number of fused-ring (bicyclic) bond motifs is 1. The number of nitrogens with two attached hydrogens (primary N) is 1. The fraction of sp³-hybridized carbons (Fsp3) is 0.250. The van der Waals surface area contributed by atoms with E-state index in [2.05, 4.69) is 5.32 Å². The molecule has 0 saturated heterocycles. The highest BCUT2D eigenvalue weighted by atomic mass is 32.1. The van der Waals surface area contributed by atoms with Crippen molar-refractivity contribution in [1.82, 2.24) is 0 Å². The van der Waals surface area contributed by atoms with Gasteiger partial charge in [-0.3, -0.25) is 9.59 Å². The van der Waals surface area contributed by atoms with E-state index in [0.29, 0.717) is 10.6 Å². The van der Waals surface area contributed by atoms with Crippen molar-refractivity contribution in [3.8, 4) is 0 Å². The number of hydrogen-bond donors (Lipinski definition) is 3. The normalized spacial score (nSPS) is 13.5. The molecule has 6 nitrogen and oxygen atoms in total. The molecule has 7 heteroatoms. The Bertz CT molecular complexity index is 589. The van der Waals surface area contributed by atoms with Gasteiger partial charge in [0.1, 0.15) is 5.00 Å². The minimum absolute atomic E-state index is 0.356. The van der Waals surface area contributed by atoms with Crippen LogP contribution >= 0.6 is 11.3 Å². The highest BCUT2D eigenvalue weighted by molar-refractivity contribution is 7.17. The quantitative estimate of drug-likeness (QED) is 0.712. The Kier molecular flexibility index (Phi) is 3.66. The molecule has 1 heterocycles. The Labute approximate surface area is 112 Å². The Morgan fingerprint density at radius 2 is 2.00 bits per heavy atom. The maximum absolute atomic E-state index is 11.5. The van der Waals surface area contributed by atoms with Gasteiger partial charge in [-0.15, -0.1) is 11.3 Å². The van der Waals surface area contributed by atoms with Gasteiger partial charge in [0, 0.05) is 17.0 Å². The number of carboxylic acid groups (broad SMARTS) is 1. The second-order valence-corrected chi connectivity index (χ2v) is 5.19. The maximum Gasteiger partial charge on any atom is 0.328 e. The molecule has 0 atom stereocenters. The summed E-state index contributed by atoms with van der Waals surface area (Å²) in [6.07, 6.45) is 4.28. The van der Waals surface area contributed by atoms with E-state index < -0.39 is 17.8 Å². The summed E-state index contributed by atoms with van der Waals surface area (Å²) in [6.45, 7) is 0. The van der Waals surface area contributed by atoms with Gasteiger partial charge in [0.25, 0.3) is 5.91 Å². The number of aryl methyl sites for hydroxylation is 1. The first-order valence-corrected chi connectivity index (χ1v) is 6.47. The molecule has 0 unspecified atom stereocenters. The second kappa shape index (κ2) is 5.23. The van der Waals surface area contributed by atoms with Crippen molar-refractivity contribution in [3.05, 3.63) is 28.2 Å². The summed E-state index contributed by atoms with van der Waals surface area (Å²) in [6, 6.07) is 0. The van der Waals surface area contributed by atoms with Crippen molar-refractivity contribution >= 4 is 34.1 Å². The van der Waals surface area contributed by atoms with Gasteiger partial charge in [-0.25, -0.2) is 4.79 Å². The Balaban J connectivity index is 2.24. The molecular formula is C12H12N2O4S. The molecule has 0 bridgehead atoms. The standard InChI is InChI=1S/C12H12N2O4S/c13-11(18)10-6-2-1-3-7(6)19-12(10)14-8(15)4-5-9(16)17/h4-5H,1-3H2,(H2,13,18)(H,14,15)(H,16,17)/b5-4+. The van der Waals surface area contributed by atoms with Crippen LogP contribution in [0.2, 0.25) is 0 Å². The van der Waals surface area contributed by atoms with E-state index in [1.165, 1.54) is 11.3 Å². The first-order chi connectivity index (χ1) is 8.99. The number of anilines is 1. The average molecular weight is 280 g/mol. The fourth-order valence-corrected chi connectivity index (χ4v) is 3.35. The van der Waals surface area contributed by atoms with E-state index in [4.69, 9.17) is 10.8 Å². The van der Waals surface area contributed by atoms with E-state index in [1.54, 1.807) is 0 Å². The topological polar surface area (TPSA) is 109 Å². The molecule has 4 N–H and O–H groups in total. The first kappa shape index (κ1) is 13.3. The van der Waals surface area contributed by atoms with Crippen LogP contribution in [-0.2, 0) is 22.4 Å². The minimum atomic E-state index is -1.21. The molecule has 0 saturated carbocycles. The number of carbonyl (C=O) groups excluding carboxylic acids is 2. The summed E-state index contributed by atoms with van der Waals surface area (Å²) in [5.41, 5.74) is 6.60. The van der Waals surface area contributed by atoms with Crippen LogP contribution in [0, 0.1) is 0 Å². The van der Waals surface area contributed by atoms with Gasteiger partial charge in [-0.1, -0.05) is 0 Å². The van der Waals surface area contributed by atoms with Gasteiger partial charge < -0.3 is 16.2 Å². The number of carbonyl (C=O) groups is 3. The lowest BCUT2D eigenvalue weighted by Gasteiger charge is -2.03. The predicted octanol–water partition coefficient (Wildman–Crippen LogP) is 0.915. The largest absolute Gasteiger partial charge is 0.478 e. The maximum atomic E-state index is 11.5. The summed E-state index contributed by atoms with van der Waals surface area (Å²) < 4.78 is 0. The number of aliphatic carboxylic acids is 1. The second-order valence-electron chi connectivity index (χ2n) is 4.09. The molecule has 0 spiro atoms. The summed E-state index contributed by atoms with van der Waals surface area (Å²) in [4.78, 5) is 34.3. The number of nitrogens with one attached hydrogen (secondary N) is 1. The lowest BCUT2D eigenvalue weighted by molar-refractivity contribution is -0.131. The molecule has 0 aliphatic heterocycles. The SMILES string of the molecule is NC(=O)c1c(NC(=O)/C=C/C(=O)O)sc2c1CCC2. The fourth-order valence-electron chi connectivity index (χ4n) is 2.05. The Morgan fingerprint density at radius 3 is 2.63 bits per heavy atom. The van der Waals surface area contributed by atoms with Crippen LogP contribution in [0.4, 0.5) is 5.00 Å². The number of carboxylic acids is 1. The average Bonchev–Trinajstić information content (AvgIpc) is 2.85. The van der Waals surface area contributed by atoms with Crippen molar-refractivity contribution in [3.63, 3.8) is 0 Å². The third kappa shape index (κ3) is 2.82. The van der Waals surface area contributed by atoms with Crippen LogP contribution in [-0.4, -0.2) is 22.9 Å². The zero-order valence-corrected chi connectivity index (χ0v) is 10.8. The van der Waals surface area contributed by atoms with Crippen molar-refractivity contribution in [2.24, 2.45) is 5.73 Å². The summed E-state index contributed by atoms with van der Waals surface area (Å²) in [5.74, 6) is -2.37. The van der Waals surface area contributed by atoms with Crippen LogP contribution in [0.1, 0.15) is 27.2 Å². The number of amides is 2. The van der Waals surface area contributed by atoms with E-state index in [1.807, 2.05) is 0 Å². The van der Waals surface area contributed by atoms with Crippen LogP contribution in [0.25, 0.3) is 0 Å². The molecule has 2 amide bonds. The molecule has 0 aromatic carbocycles. The van der Waals surface area contributed by atoms with Crippen molar-refractivity contribution < 1.29 is 19.5 Å². The van der Waals surface area contributed by atoms with E-state index in [9.17, 15) is 14.4 Å². The summed E-state index contributed by atoms with van der Waals surface area (Å²) >= 11 is 1.33. The Hall–Kier alpha value is -2.15. The van der Waals surface area contributed by atoms with Crippen molar-refractivity contribution in [2.75, 3.05) is 5.32 Å². The van der Waals surface area contributed by atoms with Gasteiger partial charge >= 0.3 is 5.97 Å². The van der Waals surface area contributed by atoms with Crippen molar-refractivity contribution in [1.29, 1.82) is 0 Å². The van der Waals surface area contributed by atoms with Gasteiger partial charge in [0.2, 0.25) is 5.91 Å². The number of hydrogen-bond acceptors (Lipinski definition) is 4. The molecule has 19 heavy (non-hydrogen) atoms.